The highest BCUT2D eigenvalue weighted by molar-refractivity contribution is 7.15. The number of aryl methyl sites for hydroxylation is 1. The van der Waals surface area contributed by atoms with Crippen molar-refractivity contribution in [3.63, 3.8) is 0 Å². The lowest BCUT2D eigenvalue weighted by Crippen LogP contribution is -2.17. The zero-order valence-corrected chi connectivity index (χ0v) is 10.3. The van der Waals surface area contributed by atoms with Crippen LogP contribution in [0.5, 0.6) is 0 Å². The zero-order chi connectivity index (χ0) is 12.1. The molecule has 16 heavy (non-hydrogen) atoms. The summed E-state index contributed by atoms with van der Waals surface area (Å²) < 4.78 is 0. The molecule has 0 fully saturated rings. The van der Waals surface area contributed by atoms with E-state index in [1.807, 2.05) is 12.3 Å². The molecule has 0 atom stereocenters. The SMILES string of the molecule is CCCCC(=O)Nc1scc(C)c1C(N)=O. The number of amides is 2. The molecule has 4 nitrogen and oxygen atoms in total. The van der Waals surface area contributed by atoms with Gasteiger partial charge in [0.1, 0.15) is 5.00 Å². The molecule has 0 aliphatic heterocycles. The predicted molar refractivity (Wildman–Crippen MR) is 65.7 cm³/mol. The Balaban J connectivity index is 2.74. The fourth-order valence-electron chi connectivity index (χ4n) is 1.37. The van der Waals surface area contributed by atoms with Gasteiger partial charge in [-0.3, -0.25) is 9.59 Å². The third-order valence-corrected chi connectivity index (χ3v) is 3.24. The minimum absolute atomic E-state index is 0.0637. The molecule has 0 aromatic carbocycles. The molecule has 3 N–H and O–H groups in total. The number of hydrogen-bond acceptors (Lipinski definition) is 3. The van der Waals surface area contributed by atoms with Gasteiger partial charge in [-0.25, -0.2) is 0 Å². The maximum atomic E-state index is 11.5. The normalized spacial score (nSPS) is 10.1. The second-order valence-corrected chi connectivity index (χ2v) is 4.52. The van der Waals surface area contributed by atoms with Gasteiger partial charge in [0.2, 0.25) is 5.91 Å². The molecule has 1 aromatic rings. The minimum Gasteiger partial charge on any atom is -0.365 e. The highest BCUT2D eigenvalue weighted by atomic mass is 32.1. The van der Waals surface area contributed by atoms with Crippen LogP contribution in [0.3, 0.4) is 0 Å². The van der Waals surface area contributed by atoms with Crippen LogP contribution in [0.2, 0.25) is 0 Å². The smallest absolute Gasteiger partial charge is 0.251 e. The van der Waals surface area contributed by atoms with Crippen molar-refractivity contribution < 1.29 is 9.59 Å². The van der Waals surface area contributed by atoms with Gasteiger partial charge in [-0.2, -0.15) is 0 Å². The number of carbonyl (C=O) groups excluding carboxylic acids is 2. The van der Waals surface area contributed by atoms with Crippen molar-refractivity contribution in [2.75, 3.05) is 5.32 Å². The summed E-state index contributed by atoms with van der Waals surface area (Å²) >= 11 is 1.33. The number of nitrogens with one attached hydrogen (secondary N) is 1. The average molecular weight is 240 g/mol. The lowest BCUT2D eigenvalue weighted by molar-refractivity contribution is -0.116. The van der Waals surface area contributed by atoms with E-state index in [2.05, 4.69) is 5.32 Å². The number of hydrogen-bond donors (Lipinski definition) is 2. The van der Waals surface area contributed by atoms with E-state index in [0.29, 0.717) is 17.0 Å². The maximum absolute atomic E-state index is 11.5. The fraction of sp³-hybridized carbons (Fsp3) is 0.455. The van der Waals surface area contributed by atoms with E-state index in [-0.39, 0.29) is 5.91 Å². The summed E-state index contributed by atoms with van der Waals surface area (Å²) in [7, 11) is 0. The van der Waals surface area contributed by atoms with Gasteiger partial charge in [0, 0.05) is 6.42 Å². The molecule has 1 aromatic heterocycles. The second kappa shape index (κ2) is 5.65. The topological polar surface area (TPSA) is 72.2 Å². The standard InChI is InChI=1S/C11H16N2O2S/c1-3-4-5-8(14)13-11-9(10(12)15)7(2)6-16-11/h6H,3-5H2,1-2H3,(H2,12,15)(H,13,14). The van der Waals surface area contributed by atoms with Crippen LogP contribution in [0.1, 0.15) is 42.1 Å². The molecule has 2 amide bonds. The van der Waals surface area contributed by atoms with Crippen LogP contribution in [0.25, 0.3) is 0 Å². The van der Waals surface area contributed by atoms with Gasteiger partial charge in [-0.05, 0) is 24.3 Å². The first-order valence-corrected chi connectivity index (χ1v) is 6.12. The number of thiophene rings is 1. The minimum atomic E-state index is -0.496. The van der Waals surface area contributed by atoms with Crippen LogP contribution >= 0.6 is 11.3 Å². The van der Waals surface area contributed by atoms with Crippen molar-refractivity contribution in [1.29, 1.82) is 0 Å². The number of unbranched alkanes of at least 4 members (excludes halogenated alkanes) is 1. The van der Waals surface area contributed by atoms with Crippen molar-refractivity contribution in [2.24, 2.45) is 5.73 Å². The molecule has 0 aliphatic rings. The summed E-state index contributed by atoms with van der Waals surface area (Å²) in [5, 5.41) is 5.10. The molecule has 0 bridgehead atoms. The van der Waals surface area contributed by atoms with E-state index in [4.69, 9.17) is 5.73 Å². The number of anilines is 1. The first-order valence-electron chi connectivity index (χ1n) is 5.24. The molecule has 0 aliphatic carbocycles. The highest BCUT2D eigenvalue weighted by Gasteiger charge is 2.15. The van der Waals surface area contributed by atoms with Crippen molar-refractivity contribution >= 4 is 28.2 Å². The fourth-order valence-corrected chi connectivity index (χ4v) is 2.33. The predicted octanol–water partition coefficient (Wildman–Crippen LogP) is 2.28. The van der Waals surface area contributed by atoms with Gasteiger partial charge in [-0.1, -0.05) is 13.3 Å². The monoisotopic (exact) mass is 240 g/mol. The van der Waals surface area contributed by atoms with Gasteiger partial charge >= 0.3 is 0 Å². The Kier molecular flexibility index (Phi) is 4.49. The average Bonchev–Trinajstić information content (AvgIpc) is 2.56. The summed E-state index contributed by atoms with van der Waals surface area (Å²) in [6.07, 6.45) is 2.30. The number of nitrogens with two attached hydrogens (primary N) is 1. The summed E-state index contributed by atoms with van der Waals surface area (Å²) in [5.41, 5.74) is 6.49. The molecular weight excluding hydrogens is 224 g/mol. The Morgan fingerprint density at radius 1 is 1.50 bits per heavy atom. The lowest BCUT2D eigenvalue weighted by atomic mass is 10.2. The molecule has 1 heterocycles. The quantitative estimate of drug-likeness (QED) is 0.828. The van der Waals surface area contributed by atoms with Gasteiger partial charge < -0.3 is 11.1 Å². The van der Waals surface area contributed by atoms with E-state index >= 15 is 0 Å². The maximum Gasteiger partial charge on any atom is 0.251 e. The zero-order valence-electron chi connectivity index (χ0n) is 9.50. The lowest BCUT2D eigenvalue weighted by Gasteiger charge is -2.04. The third kappa shape index (κ3) is 3.06. The molecule has 0 saturated carbocycles. The third-order valence-electron chi connectivity index (χ3n) is 2.23. The van der Waals surface area contributed by atoms with Crippen LogP contribution in [0, 0.1) is 6.92 Å². The largest absolute Gasteiger partial charge is 0.365 e. The van der Waals surface area contributed by atoms with Gasteiger partial charge in [-0.15, -0.1) is 11.3 Å². The molecule has 0 saturated heterocycles. The summed E-state index contributed by atoms with van der Waals surface area (Å²) in [4.78, 5) is 22.7. The molecule has 0 spiro atoms. The van der Waals surface area contributed by atoms with Gasteiger partial charge in [0.05, 0.1) is 5.56 Å². The van der Waals surface area contributed by atoms with Crippen LogP contribution in [0.15, 0.2) is 5.38 Å². The number of carbonyl (C=O) groups is 2. The first kappa shape index (κ1) is 12.7. The summed E-state index contributed by atoms with van der Waals surface area (Å²) in [5.74, 6) is -0.559. The Labute approximate surface area is 98.8 Å². The van der Waals surface area contributed by atoms with Crippen LogP contribution in [-0.2, 0) is 4.79 Å². The van der Waals surface area contributed by atoms with Crippen LogP contribution in [0.4, 0.5) is 5.00 Å². The molecule has 0 radical (unpaired) electrons. The summed E-state index contributed by atoms with van der Waals surface area (Å²) in [6, 6.07) is 0. The van der Waals surface area contributed by atoms with Crippen molar-refractivity contribution in [2.45, 2.75) is 33.1 Å². The first-order chi connectivity index (χ1) is 7.56. The van der Waals surface area contributed by atoms with E-state index < -0.39 is 5.91 Å². The Hall–Kier alpha value is -1.36. The Morgan fingerprint density at radius 2 is 2.19 bits per heavy atom. The van der Waals surface area contributed by atoms with E-state index in [1.54, 1.807) is 6.92 Å². The number of primary amides is 1. The summed E-state index contributed by atoms with van der Waals surface area (Å²) in [6.45, 7) is 3.83. The van der Waals surface area contributed by atoms with E-state index in [0.717, 1.165) is 18.4 Å². The molecule has 5 heteroatoms. The highest BCUT2D eigenvalue weighted by Crippen LogP contribution is 2.27. The second-order valence-electron chi connectivity index (χ2n) is 3.64. The number of rotatable bonds is 5. The van der Waals surface area contributed by atoms with Crippen molar-refractivity contribution in [3.8, 4) is 0 Å². The molecule has 0 unspecified atom stereocenters. The van der Waals surface area contributed by atoms with E-state index in [9.17, 15) is 9.59 Å². The molecule has 88 valence electrons. The van der Waals surface area contributed by atoms with Crippen molar-refractivity contribution in [1.82, 2.24) is 0 Å². The van der Waals surface area contributed by atoms with Gasteiger partial charge in [0.25, 0.3) is 5.91 Å². The van der Waals surface area contributed by atoms with Crippen LogP contribution < -0.4 is 11.1 Å². The Morgan fingerprint density at radius 3 is 2.75 bits per heavy atom. The molecular formula is C11H16N2O2S. The van der Waals surface area contributed by atoms with Gasteiger partial charge in [0.15, 0.2) is 0 Å². The van der Waals surface area contributed by atoms with E-state index in [1.165, 1.54) is 11.3 Å². The van der Waals surface area contributed by atoms with Crippen LogP contribution in [-0.4, -0.2) is 11.8 Å². The Bertz CT molecular complexity index is 399. The molecule has 1 rings (SSSR count). The van der Waals surface area contributed by atoms with Crippen molar-refractivity contribution in [3.05, 3.63) is 16.5 Å².